The minimum atomic E-state index is -0.406. The highest BCUT2D eigenvalue weighted by molar-refractivity contribution is 5.85. The fourth-order valence-corrected chi connectivity index (χ4v) is 2.59. The Kier molecular flexibility index (Phi) is 3.97. The molecule has 118 valence electrons. The number of aromatic hydroxyl groups is 1. The second kappa shape index (κ2) is 6.08. The van der Waals surface area contributed by atoms with E-state index in [4.69, 9.17) is 0 Å². The number of nitrogens with zero attached hydrogens (tertiary/aromatic N) is 1. The molecule has 3 rings (SSSR count). The molecule has 0 amide bonds. The van der Waals surface area contributed by atoms with Gasteiger partial charge in [0.25, 0.3) is 5.56 Å². The zero-order valence-corrected chi connectivity index (χ0v) is 12.7. The Morgan fingerprint density at radius 1 is 1.17 bits per heavy atom. The van der Waals surface area contributed by atoms with Crippen molar-refractivity contribution in [3.05, 3.63) is 56.5 Å². The van der Waals surface area contributed by atoms with Gasteiger partial charge in [0.1, 0.15) is 22.5 Å². The lowest BCUT2D eigenvalue weighted by molar-refractivity contribution is 0.471. The van der Waals surface area contributed by atoms with Crippen LogP contribution in [0, 0.1) is 0 Å². The number of unbranched alkanes of at least 4 members (excludes halogenated alkanes) is 1. The SMILES string of the molecule is CCCCc1c(O)c2c(=O)c(-c3ccccc3)n[nH]c2[nH]c1=O. The quantitative estimate of drug-likeness (QED) is 0.688. The van der Waals surface area contributed by atoms with E-state index < -0.39 is 11.0 Å². The van der Waals surface area contributed by atoms with E-state index >= 15 is 0 Å². The van der Waals surface area contributed by atoms with Crippen molar-refractivity contribution in [2.75, 3.05) is 0 Å². The van der Waals surface area contributed by atoms with Gasteiger partial charge in [0.2, 0.25) is 5.43 Å². The van der Waals surface area contributed by atoms with Crippen LogP contribution in [0.3, 0.4) is 0 Å². The molecule has 0 aliphatic heterocycles. The highest BCUT2D eigenvalue weighted by atomic mass is 16.3. The molecule has 0 radical (unpaired) electrons. The number of rotatable bonds is 4. The van der Waals surface area contributed by atoms with Gasteiger partial charge in [-0.2, -0.15) is 5.10 Å². The topological polar surface area (TPSA) is 98.8 Å². The number of aromatic amines is 2. The first-order valence-electron chi connectivity index (χ1n) is 7.55. The second-order valence-electron chi connectivity index (χ2n) is 5.40. The molecule has 1 aromatic carbocycles. The Hall–Kier alpha value is -2.89. The molecule has 0 spiro atoms. The van der Waals surface area contributed by atoms with Gasteiger partial charge in [-0.05, 0) is 12.8 Å². The Bertz CT molecular complexity index is 958. The average Bonchev–Trinajstić information content (AvgIpc) is 2.55. The maximum absolute atomic E-state index is 12.7. The van der Waals surface area contributed by atoms with Crippen LogP contribution in [-0.4, -0.2) is 20.3 Å². The minimum Gasteiger partial charge on any atom is -0.507 e. The Morgan fingerprint density at radius 3 is 2.61 bits per heavy atom. The summed E-state index contributed by atoms with van der Waals surface area (Å²) in [6.45, 7) is 2.00. The highest BCUT2D eigenvalue weighted by Crippen LogP contribution is 2.23. The number of benzene rings is 1. The van der Waals surface area contributed by atoms with E-state index in [-0.39, 0.29) is 28.0 Å². The molecule has 0 aliphatic carbocycles. The van der Waals surface area contributed by atoms with E-state index in [0.29, 0.717) is 12.0 Å². The van der Waals surface area contributed by atoms with Crippen LogP contribution in [0.2, 0.25) is 0 Å². The van der Waals surface area contributed by atoms with Crippen LogP contribution in [0.15, 0.2) is 39.9 Å². The van der Waals surface area contributed by atoms with Gasteiger partial charge in [0, 0.05) is 5.56 Å². The summed E-state index contributed by atoms with van der Waals surface area (Å²) in [7, 11) is 0. The molecular weight excluding hydrogens is 294 g/mol. The molecule has 3 N–H and O–H groups in total. The molecule has 6 heteroatoms. The first-order valence-corrected chi connectivity index (χ1v) is 7.55. The number of aromatic nitrogens is 3. The summed E-state index contributed by atoms with van der Waals surface area (Å²) in [5.74, 6) is -0.252. The van der Waals surface area contributed by atoms with E-state index in [9.17, 15) is 14.7 Å². The lowest BCUT2D eigenvalue weighted by Crippen LogP contribution is -2.19. The van der Waals surface area contributed by atoms with Gasteiger partial charge in [-0.15, -0.1) is 0 Å². The molecular formula is C17H17N3O3. The van der Waals surface area contributed by atoms with E-state index in [1.807, 2.05) is 13.0 Å². The van der Waals surface area contributed by atoms with Crippen molar-refractivity contribution in [2.24, 2.45) is 0 Å². The molecule has 3 aromatic rings. The van der Waals surface area contributed by atoms with Crippen molar-refractivity contribution in [3.63, 3.8) is 0 Å². The zero-order chi connectivity index (χ0) is 16.4. The van der Waals surface area contributed by atoms with E-state index in [2.05, 4.69) is 15.2 Å². The second-order valence-corrected chi connectivity index (χ2v) is 5.40. The van der Waals surface area contributed by atoms with Crippen molar-refractivity contribution in [1.82, 2.24) is 15.2 Å². The summed E-state index contributed by atoms with van der Waals surface area (Å²) in [5.41, 5.74) is 0.440. The zero-order valence-electron chi connectivity index (χ0n) is 12.7. The van der Waals surface area contributed by atoms with E-state index in [1.165, 1.54) is 0 Å². The summed E-state index contributed by atoms with van der Waals surface area (Å²) in [4.78, 5) is 27.4. The molecule has 0 atom stereocenters. The van der Waals surface area contributed by atoms with Crippen molar-refractivity contribution in [3.8, 4) is 17.0 Å². The third-order valence-corrected chi connectivity index (χ3v) is 3.83. The van der Waals surface area contributed by atoms with Gasteiger partial charge in [-0.3, -0.25) is 14.7 Å². The predicted molar refractivity (Wildman–Crippen MR) is 88.7 cm³/mol. The fraction of sp³-hybridized carbons (Fsp3) is 0.235. The average molecular weight is 311 g/mol. The third kappa shape index (κ3) is 2.63. The number of fused-ring (bicyclic) bond motifs is 1. The summed E-state index contributed by atoms with van der Waals surface area (Å²) in [6.07, 6.45) is 2.08. The van der Waals surface area contributed by atoms with Crippen molar-refractivity contribution in [1.29, 1.82) is 0 Å². The lowest BCUT2D eigenvalue weighted by atomic mass is 10.1. The standard InChI is InChI=1S/C17H17N3O3/c1-2-3-9-11-14(21)12-15(22)13(10-7-5-4-6-8-10)19-20-16(12)18-17(11)23/h4-8H,2-3,9H2,1H3,(H3,18,20,21,22,23). The van der Waals surface area contributed by atoms with Crippen LogP contribution >= 0.6 is 0 Å². The van der Waals surface area contributed by atoms with E-state index in [1.54, 1.807) is 24.3 Å². The fourth-order valence-electron chi connectivity index (χ4n) is 2.59. The first-order chi connectivity index (χ1) is 11.1. The molecule has 0 bridgehead atoms. The Morgan fingerprint density at radius 2 is 1.91 bits per heavy atom. The van der Waals surface area contributed by atoms with Crippen molar-refractivity contribution in [2.45, 2.75) is 26.2 Å². The maximum atomic E-state index is 12.7. The van der Waals surface area contributed by atoms with Crippen LogP contribution in [0.4, 0.5) is 0 Å². The number of hydrogen-bond acceptors (Lipinski definition) is 4. The lowest BCUT2D eigenvalue weighted by Gasteiger charge is -2.08. The van der Waals surface area contributed by atoms with Crippen LogP contribution < -0.4 is 11.0 Å². The molecule has 0 aliphatic rings. The van der Waals surface area contributed by atoms with Crippen molar-refractivity contribution >= 4 is 11.0 Å². The van der Waals surface area contributed by atoms with Crippen LogP contribution in [0.25, 0.3) is 22.3 Å². The molecule has 0 fully saturated rings. The summed E-state index contributed by atoms with van der Waals surface area (Å²) in [5, 5.41) is 17.2. The Labute approximate surface area is 131 Å². The highest BCUT2D eigenvalue weighted by Gasteiger charge is 2.17. The summed E-state index contributed by atoms with van der Waals surface area (Å²) >= 11 is 0. The maximum Gasteiger partial charge on any atom is 0.256 e. The number of H-pyrrole nitrogens is 2. The third-order valence-electron chi connectivity index (χ3n) is 3.83. The molecule has 0 unspecified atom stereocenters. The minimum absolute atomic E-state index is 0.0737. The van der Waals surface area contributed by atoms with Gasteiger partial charge in [-0.25, -0.2) is 0 Å². The largest absolute Gasteiger partial charge is 0.507 e. The smallest absolute Gasteiger partial charge is 0.256 e. The molecule has 23 heavy (non-hydrogen) atoms. The molecule has 6 nitrogen and oxygen atoms in total. The van der Waals surface area contributed by atoms with Gasteiger partial charge >= 0.3 is 0 Å². The number of pyridine rings is 1. The predicted octanol–water partition coefficient (Wildman–Crippen LogP) is 2.33. The van der Waals surface area contributed by atoms with Crippen LogP contribution in [-0.2, 0) is 6.42 Å². The van der Waals surface area contributed by atoms with Crippen molar-refractivity contribution < 1.29 is 5.11 Å². The first kappa shape index (κ1) is 15.0. The normalized spacial score (nSPS) is 11.0. The molecule has 0 saturated carbocycles. The number of hydrogen-bond donors (Lipinski definition) is 3. The van der Waals surface area contributed by atoms with Crippen LogP contribution in [0.5, 0.6) is 5.75 Å². The Balaban J connectivity index is 2.28. The van der Waals surface area contributed by atoms with Gasteiger partial charge in [-0.1, -0.05) is 43.7 Å². The summed E-state index contributed by atoms with van der Waals surface area (Å²) < 4.78 is 0. The van der Waals surface area contributed by atoms with Crippen LogP contribution in [0.1, 0.15) is 25.3 Å². The molecule has 0 saturated heterocycles. The molecule has 2 aromatic heterocycles. The van der Waals surface area contributed by atoms with Gasteiger partial charge < -0.3 is 10.1 Å². The van der Waals surface area contributed by atoms with Gasteiger partial charge in [0.05, 0.1) is 5.56 Å². The monoisotopic (exact) mass is 311 g/mol. The summed E-state index contributed by atoms with van der Waals surface area (Å²) in [6, 6.07) is 8.99. The molecule has 2 heterocycles. The van der Waals surface area contributed by atoms with E-state index in [0.717, 1.165) is 12.8 Å². The number of nitrogens with one attached hydrogen (secondary N) is 2. The van der Waals surface area contributed by atoms with Gasteiger partial charge in [0.15, 0.2) is 0 Å².